The summed E-state index contributed by atoms with van der Waals surface area (Å²) in [5, 5.41) is 0. The molecule has 0 saturated carbocycles. The lowest BCUT2D eigenvalue weighted by Crippen LogP contribution is -2.34. The molecule has 1 rings (SSSR count). The monoisotopic (exact) mass is 306 g/mol. The van der Waals surface area contributed by atoms with Crippen LogP contribution in [-0.2, 0) is 10.0 Å². The Kier molecular flexibility index (Phi) is 5.61. The third kappa shape index (κ3) is 3.97. The molecule has 1 atom stereocenters. The molecule has 4 nitrogen and oxygen atoms in total. The predicted octanol–water partition coefficient (Wildman–Crippen LogP) is 1.96. The second kappa shape index (κ2) is 6.60. The Bertz CT molecular complexity index is 561. The molecule has 20 heavy (non-hydrogen) atoms. The SMILES string of the molecule is CC(C)C(N)CCN(C)S(=O)(=O)c1ccc(F)c(F)c1. The van der Waals surface area contributed by atoms with E-state index in [9.17, 15) is 17.2 Å². The Morgan fingerprint density at radius 2 is 1.85 bits per heavy atom. The molecule has 7 heteroatoms. The zero-order chi connectivity index (χ0) is 15.5. The van der Waals surface area contributed by atoms with Gasteiger partial charge in [-0.25, -0.2) is 21.5 Å². The molecule has 1 unspecified atom stereocenters. The zero-order valence-corrected chi connectivity index (χ0v) is 12.6. The van der Waals surface area contributed by atoms with Crippen molar-refractivity contribution in [3.8, 4) is 0 Å². The number of nitrogens with two attached hydrogens (primary N) is 1. The normalized spacial score (nSPS) is 14.0. The van der Waals surface area contributed by atoms with Crippen LogP contribution in [0.3, 0.4) is 0 Å². The fourth-order valence-corrected chi connectivity index (χ4v) is 2.80. The second-order valence-corrected chi connectivity index (χ2v) is 7.14. The molecule has 0 saturated heterocycles. The highest BCUT2D eigenvalue weighted by atomic mass is 32.2. The van der Waals surface area contributed by atoms with E-state index in [2.05, 4.69) is 0 Å². The predicted molar refractivity (Wildman–Crippen MR) is 73.6 cm³/mol. The maximum Gasteiger partial charge on any atom is 0.242 e. The van der Waals surface area contributed by atoms with Crippen molar-refractivity contribution >= 4 is 10.0 Å². The van der Waals surface area contributed by atoms with Gasteiger partial charge in [0.15, 0.2) is 11.6 Å². The van der Waals surface area contributed by atoms with Crippen molar-refractivity contribution in [2.75, 3.05) is 13.6 Å². The molecule has 2 N–H and O–H groups in total. The van der Waals surface area contributed by atoms with Crippen molar-refractivity contribution in [3.63, 3.8) is 0 Å². The van der Waals surface area contributed by atoms with Crippen LogP contribution in [0.2, 0.25) is 0 Å². The van der Waals surface area contributed by atoms with Gasteiger partial charge in [-0.05, 0) is 30.5 Å². The topological polar surface area (TPSA) is 63.4 Å². The van der Waals surface area contributed by atoms with Gasteiger partial charge in [-0.3, -0.25) is 0 Å². The minimum absolute atomic E-state index is 0.113. The van der Waals surface area contributed by atoms with Gasteiger partial charge in [0.2, 0.25) is 10.0 Å². The van der Waals surface area contributed by atoms with Crippen LogP contribution >= 0.6 is 0 Å². The van der Waals surface area contributed by atoms with Crippen LogP contribution in [0.4, 0.5) is 8.78 Å². The average Bonchev–Trinajstić information content (AvgIpc) is 2.38. The van der Waals surface area contributed by atoms with Gasteiger partial charge in [-0.2, -0.15) is 0 Å². The summed E-state index contributed by atoms with van der Waals surface area (Å²) in [4.78, 5) is -0.267. The number of nitrogens with zero attached hydrogens (tertiary/aromatic N) is 1. The summed E-state index contributed by atoms with van der Waals surface area (Å²) in [6.07, 6.45) is 0.497. The Hall–Kier alpha value is -1.05. The maximum absolute atomic E-state index is 13.1. The molecular weight excluding hydrogens is 286 g/mol. The van der Waals surface area contributed by atoms with E-state index in [4.69, 9.17) is 5.73 Å². The van der Waals surface area contributed by atoms with E-state index in [-0.39, 0.29) is 23.4 Å². The molecular formula is C13H20F2N2O2S. The Morgan fingerprint density at radius 3 is 2.35 bits per heavy atom. The van der Waals surface area contributed by atoms with Gasteiger partial charge in [-0.15, -0.1) is 0 Å². The maximum atomic E-state index is 13.1. The van der Waals surface area contributed by atoms with E-state index < -0.39 is 21.7 Å². The summed E-state index contributed by atoms with van der Waals surface area (Å²) in [6, 6.07) is 2.42. The molecule has 0 aliphatic heterocycles. The highest BCUT2D eigenvalue weighted by molar-refractivity contribution is 7.89. The number of hydrogen-bond acceptors (Lipinski definition) is 3. The summed E-state index contributed by atoms with van der Waals surface area (Å²) in [5.74, 6) is -2.01. The smallest absolute Gasteiger partial charge is 0.242 e. The standard InChI is InChI=1S/C13H20F2N2O2S/c1-9(2)13(16)6-7-17(3)20(18,19)10-4-5-11(14)12(15)8-10/h4-5,8-9,13H,6-7,16H2,1-3H3. The number of hydrogen-bond donors (Lipinski definition) is 1. The van der Waals surface area contributed by atoms with Gasteiger partial charge in [-0.1, -0.05) is 13.8 Å². The quantitative estimate of drug-likeness (QED) is 0.874. The van der Waals surface area contributed by atoms with E-state index in [0.29, 0.717) is 12.5 Å². The van der Waals surface area contributed by atoms with Crippen molar-refractivity contribution in [2.45, 2.75) is 31.2 Å². The first-order valence-corrected chi connectivity index (χ1v) is 7.77. The lowest BCUT2D eigenvalue weighted by atomic mass is 10.0. The average molecular weight is 306 g/mol. The summed E-state index contributed by atoms with van der Waals surface area (Å²) in [5.41, 5.74) is 5.86. The molecule has 0 aliphatic carbocycles. The van der Waals surface area contributed by atoms with Crippen molar-refractivity contribution < 1.29 is 17.2 Å². The van der Waals surface area contributed by atoms with Crippen molar-refractivity contribution in [1.82, 2.24) is 4.31 Å². The number of sulfonamides is 1. The van der Waals surface area contributed by atoms with Gasteiger partial charge < -0.3 is 5.73 Å². The van der Waals surface area contributed by atoms with Gasteiger partial charge in [0, 0.05) is 19.6 Å². The van der Waals surface area contributed by atoms with E-state index in [1.54, 1.807) is 0 Å². The number of rotatable bonds is 6. The first kappa shape index (κ1) is 17.0. The molecule has 0 spiro atoms. The number of benzene rings is 1. The summed E-state index contributed by atoms with van der Waals surface area (Å²) in [7, 11) is -2.44. The molecule has 0 aromatic heterocycles. The molecule has 1 aromatic rings. The van der Waals surface area contributed by atoms with Gasteiger partial charge in [0.05, 0.1) is 4.90 Å². The third-order valence-corrected chi connectivity index (χ3v) is 5.09. The summed E-state index contributed by atoms with van der Waals surface area (Å²) >= 11 is 0. The summed E-state index contributed by atoms with van der Waals surface area (Å²) in [6.45, 7) is 4.13. The fourth-order valence-electron chi connectivity index (χ4n) is 1.60. The van der Waals surface area contributed by atoms with Crippen LogP contribution in [0.15, 0.2) is 23.1 Å². The van der Waals surface area contributed by atoms with Crippen LogP contribution in [0.1, 0.15) is 20.3 Å². The van der Waals surface area contributed by atoms with Crippen molar-refractivity contribution in [3.05, 3.63) is 29.8 Å². The van der Waals surface area contributed by atoms with Gasteiger partial charge >= 0.3 is 0 Å². The highest BCUT2D eigenvalue weighted by Gasteiger charge is 2.22. The minimum atomic E-state index is -3.83. The van der Waals surface area contributed by atoms with E-state index in [0.717, 1.165) is 16.4 Å². The van der Waals surface area contributed by atoms with E-state index in [1.165, 1.54) is 7.05 Å². The van der Waals surface area contributed by atoms with Gasteiger partial charge in [0.25, 0.3) is 0 Å². The lowest BCUT2D eigenvalue weighted by Gasteiger charge is -2.21. The second-order valence-electron chi connectivity index (χ2n) is 5.10. The first-order valence-electron chi connectivity index (χ1n) is 6.33. The van der Waals surface area contributed by atoms with Crippen LogP contribution in [0.25, 0.3) is 0 Å². The molecule has 0 radical (unpaired) electrons. The molecule has 0 fully saturated rings. The van der Waals surface area contributed by atoms with Crippen molar-refractivity contribution in [1.29, 1.82) is 0 Å². The summed E-state index contributed by atoms with van der Waals surface area (Å²) < 4.78 is 51.4. The first-order chi connectivity index (χ1) is 9.16. The van der Waals surface area contributed by atoms with Crippen molar-refractivity contribution in [2.24, 2.45) is 11.7 Å². The molecule has 0 heterocycles. The largest absolute Gasteiger partial charge is 0.327 e. The third-order valence-electron chi connectivity index (χ3n) is 3.23. The molecule has 0 aliphatic rings. The zero-order valence-electron chi connectivity index (χ0n) is 11.8. The van der Waals surface area contributed by atoms with E-state index in [1.807, 2.05) is 13.8 Å². The minimum Gasteiger partial charge on any atom is -0.327 e. The molecule has 114 valence electrons. The van der Waals surface area contributed by atoms with E-state index >= 15 is 0 Å². The van der Waals surface area contributed by atoms with Crippen LogP contribution in [-0.4, -0.2) is 32.4 Å². The number of halogens is 2. The van der Waals surface area contributed by atoms with Gasteiger partial charge in [0.1, 0.15) is 0 Å². The van der Waals surface area contributed by atoms with Crippen LogP contribution < -0.4 is 5.73 Å². The van der Waals surface area contributed by atoms with Crippen LogP contribution in [0, 0.1) is 17.6 Å². The Morgan fingerprint density at radius 1 is 1.25 bits per heavy atom. The molecule has 1 aromatic carbocycles. The van der Waals surface area contributed by atoms with Crippen LogP contribution in [0.5, 0.6) is 0 Å². The Balaban J connectivity index is 2.84. The Labute approximate surface area is 118 Å². The molecule has 0 bridgehead atoms. The molecule has 0 amide bonds. The highest BCUT2D eigenvalue weighted by Crippen LogP contribution is 2.18. The lowest BCUT2D eigenvalue weighted by molar-refractivity contribution is 0.397. The fraction of sp³-hybridized carbons (Fsp3) is 0.538.